The predicted octanol–water partition coefficient (Wildman–Crippen LogP) is 2.41. The van der Waals surface area contributed by atoms with Crippen LogP contribution in [0.4, 0.5) is 0 Å². The summed E-state index contributed by atoms with van der Waals surface area (Å²) >= 11 is 12.0. The molecule has 0 saturated carbocycles. The summed E-state index contributed by atoms with van der Waals surface area (Å²) < 4.78 is 5.62. The molecule has 0 spiro atoms. The van der Waals surface area contributed by atoms with Gasteiger partial charge in [0.05, 0.1) is 10.0 Å². The van der Waals surface area contributed by atoms with Gasteiger partial charge in [-0.15, -0.1) is 0 Å². The molecular formula is C12H16Cl2N2O. The lowest BCUT2D eigenvalue weighted by Gasteiger charge is -2.16. The van der Waals surface area contributed by atoms with E-state index in [1.54, 1.807) is 18.2 Å². The number of hydrogen-bond acceptors (Lipinski definition) is 3. The van der Waals surface area contributed by atoms with E-state index in [1.165, 1.54) is 0 Å². The first kappa shape index (κ1) is 13.0. The van der Waals surface area contributed by atoms with Crippen LogP contribution in [-0.2, 0) is 0 Å². The largest absolute Gasteiger partial charge is 0.489 e. The summed E-state index contributed by atoms with van der Waals surface area (Å²) in [6, 6.07) is 5.65. The lowest BCUT2D eigenvalue weighted by molar-refractivity contribution is 0.236. The molecule has 0 aliphatic carbocycles. The van der Waals surface area contributed by atoms with Crippen LogP contribution in [0.25, 0.3) is 0 Å². The van der Waals surface area contributed by atoms with Gasteiger partial charge >= 0.3 is 0 Å². The second-order valence-corrected chi connectivity index (χ2v) is 5.06. The molecule has 2 rings (SSSR count). The minimum Gasteiger partial charge on any atom is -0.489 e. The van der Waals surface area contributed by atoms with E-state index in [0.29, 0.717) is 28.4 Å². The van der Waals surface area contributed by atoms with Gasteiger partial charge in [0.15, 0.2) is 5.75 Å². The van der Waals surface area contributed by atoms with E-state index in [2.05, 4.69) is 4.90 Å². The fourth-order valence-electron chi connectivity index (χ4n) is 1.96. The van der Waals surface area contributed by atoms with E-state index in [0.717, 1.165) is 26.1 Å². The summed E-state index contributed by atoms with van der Waals surface area (Å²) in [5, 5.41) is 1.10. The lowest BCUT2D eigenvalue weighted by atomic mass is 10.3. The molecule has 1 fully saturated rings. The molecule has 0 bridgehead atoms. The summed E-state index contributed by atoms with van der Waals surface area (Å²) in [7, 11) is 0. The number of nitrogens with zero attached hydrogens (tertiary/aromatic N) is 1. The van der Waals surface area contributed by atoms with Gasteiger partial charge in [-0.1, -0.05) is 29.3 Å². The van der Waals surface area contributed by atoms with Crippen LogP contribution in [0.15, 0.2) is 18.2 Å². The number of hydrogen-bond donors (Lipinski definition) is 1. The SMILES string of the molecule is N[C@H]1CCN(CCOc2c(Cl)cccc2Cl)C1. The Balaban J connectivity index is 1.82. The van der Waals surface area contributed by atoms with Crippen molar-refractivity contribution in [1.29, 1.82) is 0 Å². The normalized spacial score (nSPS) is 20.8. The molecule has 94 valence electrons. The van der Waals surface area contributed by atoms with Crippen molar-refractivity contribution in [3.63, 3.8) is 0 Å². The van der Waals surface area contributed by atoms with Gasteiger partial charge in [-0.05, 0) is 25.1 Å². The second-order valence-electron chi connectivity index (χ2n) is 4.25. The monoisotopic (exact) mass is 274 g/mol. The van der Waals surface area contributed by atoms with E-state index in [1.807, 2.05) is 0 Å². The van der Waals surface area contributed by atoms with Crippen molar-refractivity contribution in [2.75, 3.05) is 26.2 Å². The van der Waals surface area contributed by atoms with Gasteiger partial charge in [-0.2, -0.15) is 0 Å². The molecule has 1 aromatic rings. The number of benzene rings is 1. The Bertz CT molecular complexity index is 367. The van der Waals surface area contributed by atoms with E-state index >= 15 is 0 Å². The van der Waals surface area contributed by atoms with Gasteiger partial charge in [-0.25, -0.2) is 0 Å². The topological polar surface area (TPSA) is 38.5 Å². The molecule has 2 N–H and O–H groups in total. The van der Waals surface area contributed by atoms with Crippen molar-refractivity contribution in [2.24, 2.45) is 5.73 Å². The summed E-state index contributed by atoms with van der Waals surface area (Å²) in [5.74, 6) is 0.569. The van der Waals surface area contributed by atoms with Gasteiger partial charge in [0, 0.05) is 19.1 Å². The molecule has 3 nitrogen and oxygen atoms in total. The first-order valence-corrected chi connectivity index (χ1v) is 6.47. The average molecular weight is 275 g/mol. The molecule has 0 aromatic heterocycles. The minimum atomic E-state index is 0.305. The molecule has 17 heavy (non-hydrogen) atoms. The summed E-state index contributed by atoms with van der Waals surface area (Å²) in [6.45, 7) is 3.42. The molecule has 0 amide bonds. The van der Waals surface area contributed by atoms with Gasteiger partial charge in [0.2, 0.25) is 0 Å². The van der Waals surface area contributed by atoms with Gasteiger partial charge < -0.3 is 10.5 Å². The maximum absolute atomic E-state index is 6.01. The van der Waals surface area contributed by atoms with Crippen molar-refractivity contribution in [1.82, 2.24) is 4.90 Å². The molecule has 1 aliphatic heterocycles. The molecule has 0 radical (unpaired) electrons. The minimum absolute atomic E-state index is 0.305. The molecule has 1 aliphatic rings. The molecule has 1 aromatic carbocycles. The summed E-state index contributed by atoms with van der Waals surface area (Å²) in [4.78, 5) is 2.29. The second kappa shape index (κ2) is 5.91. The standard InChI is InChI=1S/C12H16Cl2N2O/c13-10-2-1-3-11(14)12(10)17-7-6-16-5-4-9(15)8-16/h1-3,9H,4-8,15H2/t9-/m0/s1. The first-order valence-electron chi connectivity index (χ1n) is 5.71. The maximum atomic E-state index is 6.01. The fourth-order valence-corrected chi connectivity index (χ4v) is 2.47. The highest BCUT2D eigenvalue weighted by Crippen LogP contribution is 2.32. The maximum Gasteiger partial charge on any atom is 0.156 e. The smallest absolute Gasteiger partial charge is 0.156 e. The molecule has 1 atom stereocenters. The third-order valence-electron chi connectivity index (χ3n) is 2.88. The van der Waals surface area contributed by atoms with Crippen molar-refractivity contribution in [3.05, 3.63) is 28.2 Å². The number of para-hydroxylation sites is 1. The lowest BCUT2D eigenvalue weighted by Crippen LogP contribution is -2.29. The predicted molar refractivity (Wildman–Crippen MR) is 71.0 cm³/mol. The van der Waals surface area contributed by atoms with Crippen LogP contribution in [0.2, 0.25) is 10.0 Å². The zero-order valence-corrected chi connectivity index (χ0v) is 11.0. The fraction of sp³-hybridized carbons (Fsp3) is 0.500. The van der Waals surface area contributed by atoms with Crippen molar-refractivity contribution in [3.8, 4) is 5.75 Å². The van der Waals surface area contributed by atoms with Gasteiger partial charge in [0.1, 0.15) is 6.61 Å². The van der Waals surface area contributed by atoms with Gasteiger partial charge in [-0.3, -0.25) is 4.90 Å². The zero-order valence-electron chi connectivity index (χ0n) is 9.53. The highest BCUT2D eigenvalue weighted by molar-refractivity contribution is 6.37. The third kappa shape index (κ3) is 3.49. The Morgan fingerprint density at radius 3 is 2.65 bits per heavy atom. The quantitative estimate of drug-likeness (QED) is 0.917. The van der Waals surface area contributed by atoms with Crippen LogP contribution in [-0.4, -0.2) is 37.2 Å². The highest BCUT2D eigenvalue weighted by atomic mass is 35.5. The van der Waals surface area contributed by atoms with Crippen LogP contribution in [0.1, 0.15) is 6.42 Å². The number of nitrogens with two attached hydrogens (primary N) is 1. The zero-order chi connectivity index (χ0) is 12.3. The van der Waals surface area contributed by atoms with Crippen molar-refractivity contribution < 1.29 is 4.74 Å². The van der Waals surface area contributed by atoms with E-state index < -0.39 is 0 Å². The molecule has 1 heterocycles. The van der Waals surface area contributed by atoms with Crippen LogP contribution in [0.5, 0.6) is 5.75 Å². The average Bonchev–Trinajstić information content (AvgIpc) is 2.69. The first-order chi connectivity index (χ1) is 8.16. The van der Waals surface area contributed by atoms with E-state index in [-0.39, 0.29) is 0 Å². The number of likely N-dealkylation sites (tertiary alicyclic amines) is 1. The third-order valence-corrected chi connectivity index (χ3v) is 3.48. The molecule has 5 heteroatoms. The van der Waals surface area contributed by atoms with E-state index in [4.69, 9.17) is 33.7 Å². The number of halogens is 2. The van der Waals surface area contributed by atoms with Crippen LogP contribution < -0.4 is 10.5 Å². The number of ether oxygens (including phenoxy) is 1. The highest BCUT2D eigenvalue weighted by Gasteiger charge is 2.18. The van der Waals surface area contributed by atoms with Crippen LogP contribution >= 0.6 is 23.2 Å². The summed E-state index contributed by atoms with van der Waals surface area (Å²) in [6.07, 6.45) is 1.06. The van der Waals surface area contributed by atoms with Crippen molar-refractivity contribution in [2.45, 2.75) is 12.5 Å². The molecule has 1 saturated heterocycles. The van der Waals surface area contributed by atoms with Gasteiger partial charge in [0.25, 0.3) is 0 Å². The van der Waals surface area contributed by atoms with Crippen LogP contribution in [0.3, 0.4) is 0 Å². The Kier molecular flexibility index (Phi) is 4.51. The Morgan fingerprint density at radius 2 is 2.06 bits per heavy atom. The Hall–Kier alpha value is -0.480. The van der Waals surface area contributed by atoms with Crippen molar-refractivity contribution >= 4 is 23.2 Å². The van der Waals surface area contributed by atoms with Crippen LogP contribution in [0, 0.1) is 0 Å². The Morgan fingerprint density at radius 1 is 1.35 bits per heavy atom. The summed E-state index contributed by atoms with van der Waals surface area (Å²) in [5.41, 5.74) is 5.83. The van der Waals surface area contributed by atoms with E-state index in [9.17, 15) is 0 Å². The molecule has 0 unspecified atom stereocenters. The molecular weight excluding hydrogens is 259 g/mol. The number of rotatable bonds is 4. The Labute approximate surface area is 111 Å².